The van der Waals surface area contributed by atoms with Gasteiger partial charge >= 0.3 is 5.97 Å². The van der Waals surface area contributed by atoms with Crippen molar-refractivity contribution in [3.05, 3.63) is 102 Å². The van der Waals surface area contributed by atoms with Crippen molar-refractivity contribution in [3.8, 4) is 5.75 Å². The number of aliphatic hydroxyl groups excluding tert-OH is 1. The number of nitrogens with zero attached hydrogens (tertiary/aromatic N) is 1. The van der Waals surface area contributed by atoms with Crippen molar-refractivity contribution < 1.29 is 19.4 Å². The van der Waals surface area contributed by atoms with Gasteiger partial charge in [0.05, 0.1) is 14.2 Å². The molecule has 2 atom stereocenters. The second kappa shape index (κ2) is 10.6. The average Bonchev–Trinajstić information content (AvgIpc) is 2.80. The van der Waals surface area contributed by atoms with E-state index in [-0.39, 0.29) is 0 Å². The lowest BCUT2D eigenvalue weighted by molar-refractivity contribution is -0.152. The number of hydrogen-bond donors (Lipinski definition) is 1. The van der Waals surface area contributed by atoms with E-state index in [0.29, 0.717) is 24.4 Å². The summed E-state index contributed by atoms with van der Waals surface area (Å²) in [6.07, 6.45) is -1.06. The van der Waals surface area contributed by atoms with Gasteiger partial charge in [-0.15, -0.1) is 0 Å². The summed E-state index contributed by atoms with van der Waals surface area (Å²) >= 11 is 0. The molecule has 3 rings (SSSR count). The Hall–Kier alpha value is -3.15. The van der Waals surface area contributed by atoms with Crippen molar-refractivity contribution in [2.24, 2.45) is 0 Å². The van der Waals surface area contributed by atoms with Crippen LogP contribution in [0.3, 0.4) is 0 Å². The molecule has 0 amide bonds. The Morgan fingerprint density at radius 3 is 1.77 bits per heavy atom. The highest BCUT2D eigenvalue weighted by Gasteiger charge is 2.35. The zero-order chi connectivity index (χ0) is 21.3. The average molecular weight is 405 g/mol. The lowest BCUT2D eigenvalue weighted by Crippen LogP contribution is -2.45. The van der Waals surface area contributed by atoms with Gasteiger partial charge in [-0.3, -0.25) is 9.69 Å². The summed E-state index contributed by atoms with van der Waals surface area (Å²) in [4.78, 5) is 14.8. The van der Waals surface area contributed by atoms with Crippen molar-refractivity contribution in [1.82, 2.24) is 4.90 Å². The van der Waals surface area contributed by atoms with E-state index in [0.717, 1.165) is 11.1 Å². The van der Waals surface area contributed by atoms with Gasteiger partial charge in [0.25, 0.3) is 0 Å². The molecule has 0 saturated heterocycles. The van der Waals surface area contributed by atoms with Crippen LogP contribution in [0.5, 0.6) is 5.75 Å². The maximum Gasteiger partial charge on any atom is 0.326 e. The normalized spacial score (nSPS) is 12.9. The van der Waals surface area contributed by atoms with Gasteiger partial charge in [-0.1, -0.05) is 72.8 Å². The molecule has 3 aromatic rings. The standard InChI is InChI=1S/C25H27NO4/c1-29-22-15-13-21(14-16-22)24(27)23(25(28)30-2)26(17-19-9-5-3-6-10-19)18-20-11-7-4-8-12-20/h3-16,23-24,27H,17-18H2,1-2H3. The van der Waals surface area contributed by atoms with Crippen molar-refractivity contribution >= 4 is 5.97 Å². The fourth-order valence-corrected chi connectivity index (χ4v) is 3.47. The molecule has 0 fully saturated rings. The number of carbonyl (C=O) groups excluding carboxylic acids is 1. The quantitative estimate of drug-likeness (QED) is 0.546. The Bertz CT molecular complexity index is 871. The third-order valence-electron chi connectivity index (χ3n) is 5.05. The largest absolute Gasteiger partial charge is 0.497 e. The van der Waals surface area contributed by atoms with Crippen LogP contribution in [0.15, 0.2) is 84.9 Å². The van der Waals surface area contributed by atoms with E-state index >= 15 is 0 Å². The van der Waals surface area contributed by atoms with Crippen molar-refractivity contribution in [2.45, 2.75) is 25.2 Å². The molecule has 0 spiro atoms. The van der Waals surface area contributed by atoms with Gasteiger partial charge in [0.1, 0.15) is 17.9 Å². The van der Waals surface area contributed by atoms with Crippen LogP contribution in [0.1, 0.15) is 22.8 Å². The van der Waals surface area contributed by atoms with E-state index in [4.69, 9.17) is 9.47 Å². The zero-order valence-electron chi connectivity index (χ0n) is 17.3. The fourth-order valence-electron chi connectivity index (χ4n) is 3.47. The van der Waals surface area contributed by atoms with E-state index in [1.165, 1.54) is 7.11 Å². The molecule has 156 valence electrons. The number of ether oxygens (including phenoxy) is 2. The van der Waals surface area contributed by atoms with E-state index in [9.17, 15) is 9.90 Å². The van der Waals surface area contributed by atoms with Crippen LogP contribution in [0, 0.1) is 0 Å². The second-order valence-electron chi connectivity index (χ2n) is 7.06. The molecule has 0 aromatic heterocycles. The lowest BCUT2D eigenvalue weighted by atomic mass is 9.99. The Morgan fingerprint density at radius 2 is 1.33 bits per heavy atom. The first-order chi connectivity index (χ1) is 14.6. The van der Waals surface area contributed by atoms with Crippen LogP contribution in [-0.2, 0) is 22.6 Å². The first kappa shape index (κ1) is 21.6. The van der Waals surface area contributed by atoms with Crippen LogP contribution in [0.2, 0.25) is 0 Å². The summed E-state index contributed by atoms with van der Waals surface area (Å²) in [6.45, 7) is 0.978. The van der Waals surface area contributed by atoms with Gasteiger partial charge in [0, 0.05) is 13.1 Å². The van der Waals surface area contributed by atoms with Gasteiger partial charge < -0.3 is 14.6 Å². The van der Waals surface area contributed by atoms with E-state index < -0.39 is 18.1 Å². The van der Waals surface area contributed by atoms with Crippen LogP contribution < -0.4 is 4.74 Å². The molecule has 0 saturated carbocycles. The molecule has 0 aliphatic rings. The summed E-state index contributed by atoms with van der Waals surface area (Å²) in [6, 6.07) is 26.0. The van der Waals surface area contributed by atoms with Crippen LogP contribution >= 0.6 is 0 Å². The summed E-state index contributed by atoms with van der Waals surface area (Å²) < 4.78 is 10.3. The number of esters is 1. The predicted molar refractivity (Wildman–Crippen MR) is 116 cm³/mol. The Balaban J connectivity index is 1.95. The lowest BCUT2D eigenvalue weighted by Gasteiger charge is -2.33. The van der Waals surface area contributed by atoms with Gasteiger partial charge in [-0.25, -0.2) is 0 Å². The number of hydrogen-bond acceptors (Lipinski definition) is 5. The maximum atomic E-state index is 12.8. The number of aliphatic hydroxyl groups is 1. The molecule has 1 N–H and O–H groups in total. The minimum atomic E-state index is -1.06. The van der Waals surface area contributed by atoms with E-state index in [2.05, 4.69) is 0 Å². The minimum absolute atomic E-state index is 0.481. The van der Waals surface area contributed by atoms with Crippen molar-refractivity contribution in [1.29, 1.82) is 0 Å². The minimum Gasteiger partial charge on any atom is -0.497 e. The topological polar surface area (TPSA) is 59.0 Å². The highest BCUT2D eigenvalue weighted by molar-refractivity contribution is 5.76. The summed E-state index contributed by atoms with van der Waals surface area (Å²) in [5, 5.41) is 11.2. The monoisotopic (exact) mass is 405 g/mol. The van der Waals surface area contributed by atoms with E-state index in [1.54, 1.807) is 31.4 Å². The molecule has 30 heavy (non-hydrogen) atoms. The van der Waals surface area contributed by atoms with Gasteiger partial charge in [0.15, 0.2) is 0 Å². The summed E-state index contributed by atoms with van der Waals surface area (Å²) in [5.41, 5.74) is 2.71. The molecule has 0 bridgehead atoms. The first-order valence-corrected chi connectivity index (χ1v) is 9.84. The third-order valence-corrected chi connectivity index (χ3v) is 5.05. The molecule has 5 heteroatoms. The smallest absolute Gasteiger partial charge is 0.326 e. The van der Waals surface area contributed by atoms with Crippen LogP contribution in [0.25, 0.3) is 0 Å². The van der Waals surface area contributed by atoms with Crippen LogP contribution in [0.4, 0.5) is 0 Å². The fraction of sp³-hybridized carbons (Fsp3) is 0.240. The Morgan fingerprint density at radius 1 is 0.833 bits per heavy atom. The van der Waals surface area contributed by atoms with Crippen molar-refractivity contribution in [3.63, 3.8) is 0 Å². The molecule has 2 unspecified atom stereocenters. The Kier molecular flexibility index (Phi) is 7.60. The zero-order valence-corrected chi connectivity index (χ0v) is 17.3. The first-order valence-electron chi connectivity index (χ1n) is 9.84. The highest BCUT2D eigenvalue weighted by Crippen LogP contribution is 2.27. The van der Waals surface area contributed by atoms with Crippen LogP contribution in [-0.4, -0.2) is 36.2 Å². The van der Waals surface area contributed by atoms with Crippen molar-refractivity contribution in [2.75, 3.05) is 14.2 Å². The SMILES string of the molecule is COC(=O)C(C(O)c1ccc(OC)cc1)N(Cc1ccccc1)Cc1ccccc1. The highest BCUT2D eigenvalue weighted by atomic mass is 16.5. The number of methoxy groups -OCH3 is 2. The molecular formula is C25H27NO4. The molecule has 5 nitrogen and oxygen atoms in total. The molecule has 0 aliphatic carbocycles. The summed E-state index contributed by atoms with van der Waals surface area (Å²) in [5.74, 6) is 0.205. The number of rotatable bonds is 9. The second-order valence-corrected chi connectivity index (χ2v) is 7.06. The summed E-state index contributed by atoms with van der Waals surface area (Å²) in [7, 11) is 2.93. The third kappa shape index (κ3) is 5.47. The molecule has 0 radical (unpaired) electrons. The van der Waals surface area contributed by atoms with Gasteiger partial charge in [-0.2, -0.15) is 0 Å². The van der Waals surface area contributed by atoms with Gasteiger partial charge in [-0.05, 0) is 28.8 Å². The maximum absolute atomic E-state index is 12.8. The molecule has 3 aromatic carbocycles. The number of benzene rings is 3. The number of carbonyl (C=O) groups is 1. The Labute approximate surface area is 177 Å². The predicted octanol–water partition coefficient (Wildman–Crippen LogP) is 3.97. The molecular weight excluding hydrogens is 378 g/mol. The van der Waals surface area contributed by atoms with Gasteiger partial charge in [0.2, 0.25) is 0 Å². The molecule has 0 heterocycles. The van der Waals surface area contributed by atoms with E-state index in [1.807, 2.05) is 65.6 Å². The molecule has 0 aliphatic heterocycles.